The quantitative estimate of drug-likeness (QED) is 0.489. The standard InChI is InChI=1S/C14H29NO3S/c1-4-9-17-11-12-18-10-8-15(3)14(16)7-6-13-19-5-2/h4-13H2,1-3H3. The Bertz CT molecular complexity index is 215. The van der Waals surface area contributed by atoms with Crippen LogP contribution in [0, 0.1) is 0 Å². The molecule has 0 atom stereocenters. The third-order valence-corrected chi connectivity index (χ3v) is 3.59. The first kappa shape index (κ1) is 18.7. The topological polar surface area (TPSA) is 38.8 Å². The minimum absolute atomic E-state index is 0.211. The molecule has 0 aromatic carbocycles. The second kappa shape index (κ2) is 14.2. The fourth-order valence-corrected chi connectivity index (χ4v) is 2.09. The summed E-state index contributed by atoms with van der Waals surface area (Å²) in [5, 5.41) is 0. The van der Waals surface area contributed by atoms with Gasteiger partial charge < -0.3 is 14.4 Å². The van der Waals surface area contributed by atoms with Crippen LogP contribution in [0.1, 0.15) is 33.1 Å². The molecule has 0 rings (SSSR count). The fourth-order valence-electron chi connectivity index (χ4n) is 1.45. The van der Waals surface area contributed by atoms with Crippen LogP contribution in [0.2, 0.25) is 0 Å². The van der Waals surface area contributed by atoms with Crippen molar-refractivity contribution in [1.29, 1.82) is 0 Å². The van der Waals surface area contributed by atoms with Gasteiger partial charge in [0.05, 0.1) is 19.8 Å². The number of hydrogen-bond donors (Lipinski definition) is 0. The lowest BCUT2D eigenvalue weighted by molar-refractivity contribution is -0.130. The molecule has 5 heteroatoms. The summed E-state index contributed by atoms with van der Waals surface area (Å²) in [7, 11) is 1.84. The van der Waals surface area contributed by atoms with Crippen molar-refractivity contribution in [3.05, 3.63) is 0 Å². The van der Waals surface area contributed by atoms with Gasteiger partial charge in [-0.3, -0.25) is 4.79 Å². The lowest BCUT2D eigenvalue weighted by atomic mass is 10.3. The van der Waals surface area contributed by atoms with Gasteiger partial charge >= 0.3 is 0 Å². The summed E-state index contributed by atoms with van der Waals surface area (Å²) in [5.74, 6) is 2.40. The maximum Gasteiger partial charge on any atom is 0.222 e. The summed E-state index contributed by atoms with van der Waals surface area (Å²) in [6.45, 7) is 7.50. The van der Waals surface area contributed by atoms with Crippen LogP contribution in [0.4, 0.5) is 0 Å². The molecule has 0 saturated heterocycles. The molecule has 0 aromatic rings. The number of nitrogens with zero attached hydrogens (tertiary/aromatic N) is 1. The molecule has 0 fully saturated rings. The molecule has 0 bridgehead atoms. The number of hydrogen-bond acceptors (Lipinski definition) is 4. The predicted molar refractivity (Wildman–Crippen MR) is 81.8 cm³/mol. The Morgan fingerprint density at radius 3 is 2.42 bits per heavy atom. The summed E-state index contributed by atoms with van der Waals surface area (Å²) in [6, 6.07) is 0. The molecule has 0 N–H and O–H groups in total. The molecule has 4 nitrogen and oxygen atoms in total. The highest BCUT2D eigenvalue weighted by Gasteiger charge is 2.07. The Morgan fingerprint density at radius 1 is 1.11 bits per heavy atom. The summed E-state index contributed by atoms with van der Waals surface area (Å²) in [6.07, 6.45) is 2.64. The SMILES string of the molecule is CCCOCCOCCN(C)C(=O)CCCSCC. The van der Waals surface area contributed by atoms with Crippen molar-refractivity contribution in [2.75, 3.05) is 51.5 Å². The van der Waals surface area contributed by atoms with Crippen LogP contribution in [0.5, 0.6) is 0 Å². The van der Waals surface area contributed by atoms with E-state index in [4.69, 9.17) is 9.47 Å². The van der Waals surface area contributed by atoms with Crippen LogP contribution < -0.4 is 0 Å². The summed E-state index contributed by atoms with van der Waals surface area (Å²) < 4.78 is 10.7. The minimum atomic E-state index is 0.211. The first-order valence-electron chi connectivity index (χ1n) is 7.19. The van der Waals surface area contributed by atoms with Crippen molar-refractivity contribution in [3.8, 4) is 0 Å². The Labute approximate surface area is 122 Å². The van der Waals surface area contributed by atoms with Gasteiger partial charge in [0, 0.05) is 26.6 Å². The maximum atomic E-state index is 11.7. The monoisotopic (exact) mass is 291 g/mol. The molecule has 0 aliphatic carbocycles. The third-order valence-electron chi connectivity index (χ3n) is 2.60. The van der Waals surface area contributed by atoms with Crippen molar-refractivity contribution >= 4 is 17.7 Å². The van der Waals surface area contributed by atoms with Gasteiger partial charge in [0.25, 0.3) is 0 Å². The van der Waals surface area contributed by atoms with Gasteiger partial charge in [-0.1, -0.05) is 13.8 Å². The highest BCUT2D eigenvalue weighted by Crippen LogP contribution is 2.04. The van der Waals surface area contributed by atoms with Crippen molar-refractivity contribution in [2.24, 2.45) is 0 Å². The van der Waals surface area contributed by atoms with Gasteiger partial charge in [-0.15, -0.1) is 0 Å². The fraction of sp³-hybridized carbons (Fsp3) is 0.929. The molecular formula is C14H29NO3S. The van der Waals surface area contributed by atoms with E-state index in [1.807, 2.05) is 18.8 Å². The molecular weight excluding hydrogens is 262 g/mol. The number of carbonyl (C=O) groups is 1. The zero-order valence-electron chi connectivity index (χ0n) is 12.7. The van der Waals surface area contributed by atoms with E-state index < -0.39 is 0 Å². The number of likely N-dealkylation sites (N-methyl/N-ethyl adjacent to an activating group) is 1. The van der Waals surface area contributed by atoms with Crippen LogP contribution in [0.25, 0.3) is 0 Å². The average Bonchev–Trinajstić information content (AvgIpc) is 2.42. The van der Waals surface area contributed by atoms with Gasteiger partial charge in [0.15, 0.2) is 0 Å². The van der Waals surface area contributed by atoms with E-state index in [2.05, 4.69) is 13.8 Å². The molecule has 0 aliphatic rings. The highest BCUT2D eigenvalue weighted by atomic mass is 32.2. The molecule has 0 heterocycles. The summed E-state index contributed by atoms with van der Waals surface area (Å²) in [5.41, 5.74) is 0. The van der Waals surface area contributed by atoms with E-state index in [0.29, 0.717) is 32.8 Å². The smallest absolute Gasteiger partial charge is 0.222 e. The van der Waals surface area contributed by atoms with Gasteiger partial charge in [0.1, 0.15) is 0 Å². The van der Waals surface area contributed by atoms with E-state index in [-0.39, 0.29) is 5.91 Å². The molecule has 0 radical (unpaired) electrons. The zero-order valence-corrected chi connectivity index (χ0v) is 13.5. The Balaban J connectivity index is 3.36. The zero-order chi connectivity index (χ0) is 14.3. The van der Waals surface area contributed by atoms with Crippen LogP contribution in [-0.2, 0) is 14.3 Å². The van der Waals surface area contributed by atoms with E-state index in [9.17, 15) is 4.79 Å². The van der Waals surface area contributed by atoms with Gasteiger partial charge in [-0.2, -0.15) is 11.8 Å². The van der Waals surface area contributed by atoms with Gasteiger partial charge in [0.2, 0.25) is 5.91 Å². The number of thioether (sulfide) groups is 1. The van der Waals surface area contributed by atoms with E-state index >= 15 is 0 Å². The Kier molecular flexibility index (Phi) is 14.0. The number of amides is 1. The summed E-state index contributed by atoms with van der Waals surface area (Å²) >= 11 is 1.88. The molecule has 0 saturated carbocycles. The number of ether oxygens (including phenoxy) is 2. The third kappa shape index (κ3) is 12.5. The van der Waals surface area contributed by atoms with Crippen molar-refractivity contribution < 1.29 is 14.3 Å². The molecule has 1 amide bonds. The maximum absolute atomic E-state index is 11.7. The number of rotatable bonds is 13. The van der Waals surface area contributed by atoms with E-state index in [0.717, 1.165) is 31.0 Å². The van der Waals surface area contributed by atoms with Crippen LogP contribution in [-0.4, -0.2) is 62.3 Å². The Hall–Kier alpha value is -0.260. The molecule has 114 valence electrons. The van der Waals surface area contributed by atoms with Crippen molar-refractivity contribution in [2.45, 2.75) is 33.1 Å². The van der Waals surface area contributed by atoms with Gasteiger partial charge in [-0.05, 0) is 24.3 Å². The van der Waals surface area contributed by atoms with E-state index in [1.54, 1.807) is 4.90 Å². The molecule has 0 aliphatic heterocycles. The Morgan fingerprint density at radius 2 is 1.79 bits per heavy atom. The van der Waals surface area contributed by atoms with E-state index in [1.165, 1.54) is 0 Å². The minimum Gasteiger partial charge on any atom is -0.379 e. The molecule has 0 unspecified atom stereocenters. The normalized spacial score (nSPS) is 10.7. The van der Waals surface area contributed by atoms with Crippen molar-refractivity contribution in [3.63, 3.8) is 0 Å². The molecule has 19 heavy (non-hydrogen) atoms. The second-order valence-electron chi connectivity index (χ2n) is 4.34. The first-order valence-corrected chi connectivity index (χ1v) is 8.35. The first-order chi connectivity index (χ1) is 9.22. The van der Waals surface area contributed by atoms with Crippen LogP contribution in [0.15, 0.2) is 0 Å². The van der Waals surface area contributed by atoms with Crippen LogP contribution in [0.3, 0.4) is 0 Å². The highest BCUT2D eigenvalue weighted by molar-refractivity contribution is 7.99. The van der Waals surface area contributed by atoms with Crippen molar-refractivity contribution in [1.82, 2.24) is 4.90 Å². The molecule has 0 aromatic heterocycles. The average molecular weight is 291 g/mol. The summed E-state index contributed by atoms with van der Waals surface area (Å²) in [4.78, 5) is 13.5. The van der Waals surface area contributed by atoms with Crippen LogP contribution >= 0.6 is 11.8 Å². The largest absolute Gasteiger partial charge is 0.379 e. The molecule has 0 spiro atoms. The lowest BCUT2D eigenvalue weighted by Gasteiger charge is -2.17. The second-order valence-corrected chi connectivity index (χ2v) is 5.73. The predicted octanol–water partition coefficient (Wildman–Crippen LogP) is 2.42. The lowest BCUT2D eigenvalue weighted by Crippen LogP contribution is -2.30. The number of carbonyl (C=O) groups excluding carboxylic acids is 1. The van der Waals surface area contributed by atoms with Gasteiger partial charge in [-0.25, -0.2) is 0 Å².